The largest absolute Gasteiger partial charge is 0.367 e. The molecule has 5 nitrogen and oxygen atoms in total. The van der Waals surface area contributed by atoms with E-state index in [2.05, 4.69) is 10.4 Å². The van der Waals surface area contributed by atoms with Crippen molar-refractivity contribution in [3.8, 4) is 0 Å². The number of likely N-dealkylation sites (tertiary alicyclic amines) is 1. The molecule has 0 bridgehead atoms. The van der Waals surface area contributed by atoms with Crippen LogP contribution < -0.4 is 5.32 Å². The third-order valence-corrected chi connectivity index (χ3v) is 6.66. The van der Waals surface area contributed by atoms with E-state index in [0.29, 0.717) is 25.3 Å². The number of nitrogens with one attached hydrogen (secondary N) is 1. The Labute approximate surface area is 176 Å². The molecule has 1 saturated heterocycles. The molecular weight excluding hydrogens is 386 g/mol. The van der Waals surface area contributed by atoms with Crippen molar-refractivity contribution in [3.63, 3.8) is 0 Å². The molecule has 0 radical (unpaired) electrons. The Morgan fingerprint density at radius 3 is 2.47 bits per heavy atom. The molecule has 162 valence electrons. The maximum atomic E-state index is 13.7. The number of rotatable bonds is 4. The van der Waals surface area contributed by atoms with Crippen molar-refractivity contribution in [2.45, 2.75) is 64.5 Å². The Kier molecular flexibility index (Phi) is 5.80. The van der Waals surface area contributed by atoms with Crippen LogP contribution in [0.3, 0.4) is 0 Å². The van der Waals surface area contributed by atoms with Gasteiger partial charge in [0.1, 0.15) is 11.9 Å². The molecule has 1 amide bonds. The quantitative estimate of drug-likeness (QED) is 0.797. The number of aromatic nitrogens is 2. The standard InChI is InChI=1S/C23H30F2N4O/c1-14-4-6-17(7-5-14)16(3)23(30)28-10-8-18(9-11-28)19-13-20(22(24)25)29-21(26-19)12-15(2)27-29/h4-7,12,16,18-20,22,26H,8-11,13H2,1-3H3/t16?,19-,20+/m0/s1. The molecule has 0 saturated carbocycles. The summed E-state index contributed by atoms with van der Waals surface area (Å²) >= 11 is 0. The maximum absolute atomic E-state index is 13.7. The summed E-state index contributed by atoms with van der Waals surface area (Å²) in [5.74, 6) is 0.929. The van der Waals surface area contributed by atoms with E-state index in [9.17, 15) is 13.6 Å². The highest BCUT2D eigenvalue weighted by molar-refractivity contribution is 5.83. The molecule has 1 aromatic carbocycles. The first-order valence-electron chi connectivity index (χ1n) is 10.8. The van der Waals surface area contributed by atoms with Crippen molar-refractivity contribution in [2.75, 3.05) is 18.4 Å². The van der Waals surface area contributed by atoms with Crippen molar-refractivity contribution < 1.29 is 13.6 Å². The van der Waals surface area contributed by atoms with Gasteiger partial charge in [-0.2, -0.15) is 5.10 Å². The molecule has 7 heteroatoms. The van der Waals surface area contributed by atoms with Gasteiger partial charge in [-0.3, -0.25) is 4.79 Å². The maximum Gasteiger partial charge on any atom is 0.260 e. The number of nitrogens with zero attached hydrogens (tertiary/aromatic N) is 3. The Balaban J connectivity index is 1.38. The van der Waals surface area contributed by atoms with Crippen molar-refractivity contribution >= 4 is 11.7 Å². The highest BCUT2D eigenvalue weighted by atomic mass is 19.3. The zero-order valence-corrected chi connectivity index (χ0v) is 17.8. The summed E-state index contributed by atoms with van der Waals surface area (Å²) in [6.07, 6.45) is -0.422. The van der Waals surface area contributed by atoms with Crippen LogP contribution in [0, 0.1) is 19.8 Å². The second-order valence-corrected chi connectivity index (χ2v) is 8.80. The van der Waals surface area contributed by atoms with E-state index < -0.39 is 12.5 Å². The molecule has 3 heterocycles. The predicted octanol–water partition coefficient (Wildman–Crippen LogP) is 4.53. The second-order valence-electron chi connectivity index (χ2n) is 8.80. The van der Waals surface area contributed by atoms with Crippen molar-refractivity contribution in [3.05, 3.63) is 47.2 Å². The monoisotopic (exact) mass is 416 g/mol. The third kappa shape index (κ3) is 4.07. The molecule has 2 aromatic rings. The number of carbonyl (C=O) groups excluding carboxylic acids is 1. The van der Waals surface area contributed by atoms with Crippen molar-refractivity contribution in [1.82, 2.24) is 14.7 Å². The van der Waals surface area contributed by atoms with Gasteiger partial charge in [0.25, 0.3) is 6.43 Å². The van der Waals surface area contributed by atoms with Crippen LogP contribution in [-0.2, 0) is 4.79 Å². The van der Waals surface area contributed by atoms with E-state index in [0.717, 1.165) is 24.1 Å². The minimum Gasteiger partial charge on any atom is -0.367 e. The lowest BCUT2D eigenvalue weighted by Gasteiger charge is -2.41. The average molecular weight is 417 g/mol. The number of halogens is 2. The minimum atomic E-state index is -2.44. The lowest BCUT2D eigenvalue weighted by Crippen LogP contribution is -2.46. The lowest BCUT2D eigenvalue weighted by molar-refractivity contribution is -0.133. The Bertz CT molecular complexity index is 887. The number of piperidine rings is 1. The van der Waals surface area contributed by atoms with Gasteiger partial charge < -0.3 is 10.2 Å². The molecular formula is C23H30F2N4O. The summed E-state index contributed by atoms with van der Waals surface area (Å²) in [4.78, 5) is 14.9. The van der Waals surface area contributed by atoms with Gasteiger partial charge in [0.05, 0.1) is 11.6 Å². The van der Waals surface area contributed by atoms with Gasteiger partial charge in [0.15, 0.2) is 0 Å². The molecule has 0 spiro atoms. The fourth-order valence-electron chi connectivity index (χ4n) is 4.80. The Morgan fingerprint density at radius 1 is 1.17 bits per heavy atom. The summed E-state index contributed by atoms with van der Waals surface area (Å²) in [7, 11) is 0. The van der Waals surface area contributed by atoms with Gasteiger partial charge in [-0.05, 0) is 51.5 Å². The predicted molar refractivity (Wildman–Crippen MR) is 113 cm³/mol. The van der Waals surface area contributed by atoms with Gasteiger partial charge in [-0.25, -0.2) is 13.5 Å². The molecule has 1 N–H and O–H groups in total. The SMILES string of the molecule is Cc1ccc(C(C)C(=O)N2CCC([C@@H]3C[C@H](C(F)F)n4nc(C)cc4N3)CC2)cc1. The molecule has 2 aliphatic rings. The third-order valence-electron chi connectivity index (χ3n) is 6.66. The van der Waals surface area contributed by atoms with E-state index >= 15 is 0 Å². The smallest absolute Gasteiger partial charge is 0.260 e. The highest BCUT2D eigenvalue weighted by Gasteiger charge is 2.38. The minimum absolute atomic E-state index is 0.0145. The van der Waals surface area contributed by atoms with E-state index in [1.54, 1.807) is 0 Å². The van der Waals surface area contributed by atoms with Gasteiger partial charge >= 0.3 is 0 Å². The number of alkyl halides is 2. The first-order chi connectivity index (χ1) is 14.3. The topological polar surface area (TPSA) is 50.2 Å². The first-order valence-corrected chi connectivity index (χ1v) is 10.8. The number of anilines is 1. The number of amides is 1. The normalized spacial score (nSPS) is 23.2. The first kappa shape index (κ1) is 20.8. The van der Waals surface area contributed by atoms with Crippen LogP contribution >= 0.6 is 0 Å². The van der Waals surface area contributed by atoms with E-state index in [1.807, 2.05) is 56.0 Å². The van der Waals surface area contributed by atoms with Crippen molar-refractivity contribution in [2.24, 2.45) is 5.92 Å². The van der Waals surface area contributed by atoms with Gasteiger partial charge in [0, 0.05) is 25.2 Å². The number of hydrogen-bond acceptors (Lipinski definition) is 3. The van der Waals surface area contributed by atoms with Gasteiger partial charge in [-0.15, -0.1) is 0 Å². The fourth-order valence-corrected chi connectivity index (χ4v) is 4.80. The molecule has 1 unspecified atom stereocenters. The molecule has 4 rings (SSSR count). The van der Waals surface area contributed by atoms with Gasteiger partial charge in [0.2, 0.25) is 5.91 Å². The Hall–Kier alpha value is -2.44. The van der Waals surface area contributed by atoms with Gasteiger partial charge in [-0.1, -0.05) is 29.8 Å². The number of hydrogen-bond donors (Lipinski definition) is 1. The summed E-state index contributed by atoms with van der Waals surface area (Å²) in [6.45, 7) is 7.17. The number of benzene rings is 1. The van der Waals surface area contributed by atoms with Crippen LogP contribution in [-0.4, -0.2) is 46.1 Å². The number of aryl methyl sites for hydroxylation is 2. The molecule has 1 fully saturated rings. The summed E-state index contributed by atoms with van der Waals surface area (Å²) in [5.41, 5.74) is 2.96. The molecule has 30 heavy (non-hydrogen) atoms. The van der Waals surface area contributed by atoms with Crippen LogP contribution in [0.15, 0.2) is 30.3 Å². The van der Waals surface area contributed by atoms with E-state index in [1.165, 1.54) is 10.2 Å². The molecule has 3 atom stereocenters. The number of carbonyl (C=O) groups is 1. The Morgan fingerprint density at radius 2 is 1.83 bits per heavy atom. The summed E-state index contributed by atoms with van der Waals surface area (Å²) < 4.78 is 28.7. The highest BCUT2D eigenvalue weighted by Crippen LogP contribution is 2.37. The second kappa shape index (κ2) is 8.36. The van der Waals surface area contributed by atoms with Crippen LogP contribution in [0.25, 0.3) is 0 Å². The zero-order valence-electron chi connectivity index (χ0n) is 17.8. The van der Waals surface area contributed by atoms with E-state index in [-0.39, 0.29) is 23.8 Å². The summed E-state index contributed by atoms with van der Waals surface area (Å²) in [6, 6.07) is 9.04. The average Bonchev–Trinajstić information content (AvgIpc) is 3.12. The van der Waals surface area contributed by atoms with Crippen LogP contribution in [0.1, 0.15) is 55.0 Å². The van der Waals surface area contributed by atoms with Crippen molar-refractivity contribution in [1.29, 1.82) is 0 Å². The molecule has 0 aliphatic carbocycles. The van der Waals surface area contributed by atoms with Crippen LogP contribution in [0.2, 0.25) is 0 Å². The summed E-state index contributed by atoms with van der Waals surface area (Å²) in [5, 5.41) is 7.68. The lowest BCUT2D eigenvalue weighted by atomic mass is 9.84. The van der Waals surface area contributed by atoms with E-state index in [4.69, 9.17) is 0 Å². The zero-order chi connectivity index (χ0) is 21.4. The van der Waals surface area contributed by atoms with Crippen LogP contribution in [0.5, 0.6) is 0 Å². The molecule has 1 aromatic heterocycles. The van der Waals surface area contributed by atoms with Crippen LogP contribution in [0.4, 0.5) is 14.6 Å². The molecule has 2 aliphatic heterocycles. The fraction of sp³-hybridized carbons (Fsp3) is 0.565. The number of fused-ring (bicyclic) bond motifs is 1.